The highest BCUT2D eigenvalue weighted by atomic mass is 32.2. The van der Waals surface area contributed by atoms with E-state index in [1.807, 2.05) is 19.1 Å². The summed E-state index contributed by atoms with van der Waals surface area (Å²) >= 11 is 1.15. The number of benzene rings is 3. The third-order valence-corrected chi connectivity index (χ3v) is 7.22. The molecule has 0 radical (unpaired) electrons. The number of aromatic nitrogens is 3. The first-order valence-corrected chi connectivity index (χ1v) is 14.0. The molecule has 0 spiro atoms. The number of ether oxygens (including phenoxy) is 2. The quantitative estimate of drug-likeness (QED) is 0.197. The fraction of sp³-hybridized carbons (Fsp3) is 0.172. The van der Waals surface area contributed by atoms with Crippen LogP contribution in [0.4, 0.5) is 23.7 Å². The molecule has 0 aliphatic carbocycles. The Morgan fingerprint density at radius 2 is 1.82 bits per heavy atom. The van der Waals surface area contributed by atoms with Crippen molar-refractivity contribution in [3.63, 3.8) is 0 Å². The first-order valence-electron chi connectivity index (χ1n) is 13.0. The van der Waals surface area contributed by atoms with Gasteiger partial charge in [-0.3, -0.25) is 9.69 Å². The fourth-order valence-corrected chi connectivity index (χ4v) is 5.01. The minimum Gasteiger partial charge on any atom is -0.406 e. The van der Waals surface area contributed by atoms with Crippen LogP contribution in [0.2, 0.25) is 0 Å². The number of para-hydroxylation sites is 1. The number of halogens is 3. The van der Waals surface area contributed by atoms with E-state index in [0.717, 1.165) is 17.3 Å². The van der Waals surface area contributed by atoms with E-state index in [9.17, 15) is 22.8 Å². The first kappa shape index (κ1) is 30.4. The summed E-state index contributed by atoms with van der Waals surface area (Å²) in [7, 11) is 1.58. The van der Waals surface area contributed by atoms with E-state index in [2.05, 4.69) is 30.3 Å². The number of hydrogen-bond donors (Lipinski definition) is 1. The molecule has 11 nitrogen and oxygen atoms in total. The highest BCUT2D eigenvalue weighted by molar-refractivity contribution is 8.15. The third kappa shape index (κ3) is 7.30. The molecule has 3 aromatic carbocycles. The van der Waals surface area contributed by atoms with Crippen molar-refractivity contribution in [3.8, 4) is 22.8 Å². The van der Waals surface area contributed by atoms with Crippen LogP contribution in [0.5, 0.6) is 5.75 Å². The van der Waals surface area contributed by atoms with Crippen LogP contribution in [0, 0.1) is 0 Å². The second-order valence-electron chi connectivity index (χ2n) is 9.20. The molecule has 226 valence electrons. The molecule has 1 fully saturated rings. The molecule has 0 saturated carbocycles. The lowest BCUT2D eigenvalue weighted by Crippen LogP contribution is -2.31. The number of nitrogens with one attached hydrogen (secondary N) is 1. The molecular formula is C29H24F3N7O4S. The average Bonchev–Trinajstić information content (AvgIpc) is 3.64. The Morgan fingerprint density at radius 3 is 2.52 bits per heavy atom. The van der Waals surface area contributed by atoms with Crippen molar-refractivity contribution in [1.82, 2.24) is 20.2 Å². The van der Waals surface area contributed by atoms with Crippen LogP contribution in [0.25, 0.3) is 17.1 Å². The molecule has 1 aliphatic rings. The number of alkyl halides is 3. The number of hydrogen-bond acceptors (Lipinski definition) is 8. The van der Waals surface area contributed by atoms with Crippen molar-refractivity contribution in [2.24, 2.45) is 10.1 Å². The molecule has 3 amide bonds. The molecule has 1 aliphatic heterocycles. The van der Waals surface area contributed by atoms with Gasteiger partial charge in [-0.15, -0.1) is 18.3 Å². The number of thioether (sulfide) groups is 1. The van der Waals surface area contributed by atoms with Gasteiger partial charge in [0.05, 0.1) is 29.4 Å². The van der Waals surface area contributed by atoms with Gasteiger partial charge in [0, 0.05) is 18.2 Å². The molecule has 1 atom stereocenters. The molecule has 15 heteroatoms. The van der Waals surface area contributed by atoms with Crippen LogP contribution < -0.4 is 15.1 Å². The molecule has 0 bridgehead atoms. The van der Waals surface area contributed by atoms with Crippen LogP contribution in [0.15, 0.2) is 89.2 Å². The van der Waals surface area contributed by atoms with Crippen LogP contribution in [0.1, 0.15) is 24.2 Å². The van der Waals surface area contributed by atoms with Gasteiger partial charge in [0.15, 0.2) is 11.0 Å². The monoisotopic (exact) mass is 623 g/mol. The Balaban J connectivity index is 1.21. The largest absolute Gasteiger partial charge is 0.573 e. The maximum absolute atomic E-state index is 12.7. The molecule has 1 saturated heterocycles. The maximum atomic E-state index is 12.7. The normalized spacial score (nSPS) is 15.2. The van der Waals surface area contributed by atoms with Gasteiger partial charge in [-0.05, 0) is 42.8 Å². The first-order chi connectivity index (χ1) is 21.1. The van der Waals surface area contributed by atoms with Gasteiger partial charge in [0.25, 0.3) is 0 Å². The molecule has 1 aromatic heterocycles. The topological polar surface area (TPSA) is 123 Å². The molecule has 44 heavy (non-hydrogen) atoms. The van der Waals surface area contributed by atoms with E-state index in [-0.39, 0.29) is 28.7 Å². The Labute approximate surface area is 253 Å². The molecule has 5 rings (SSSR count). The van der Waals surface area contributed by atoms with Crippen molar-refractivity contribution in [3.05, 3.63) is 90.3 Å². The number of amidine groups is 1. The van der Waals surface area contributed by atoms with Gasteiger partial charge in [0.1, 0.15) is 12.1 Å². The summed E-state index contributed by atoms with van der Waals surface area (Å²) in [5, 5.41) is 8.56. The number of aliphatic imine (C=N–C) groups is 1. The highest BCUT2D eigenvalue weighted by Crippen LogP contribution is 2.33. The summed E-state index contributed by atoms with van der Waals surface area (Å²) in [5.74, 6) is 0.000130. The van der Waals surface area contributed by atoms with Gasteiger partial charge in [-0.25, -0.2) is 19.9 Å². The lowest BCUT2D eigenvalue weighted by Gasteiger charge is -2.22. The van der Waals surface area contributed by atoms with E-state index in [1.165, 1.54) is 46.4 Å². The van der Waals surface area contributed by atoms with E-state index in [4.69, 9.17) is 4.74 Å². The second kappa shape index (κ2) is 13.1. The lowest BCUT2D eigenvalue weighted by molar-refractivity contribution is -0.274. The number of urea groups is 1. The Kier molecular flexibility index (Phi) is 9.06. The van der Waals surface area contributed by atoms with Gasteiger partial charge in [0.2, 0.25) is 5.91 Å². The van der Waals surface area contributed by atoms with Crippen LogP contribution in [0.3, 0.4) is 0 Å². The van der Waals surface area contributed by atoms with E-state index in [1.54, 1.807) is 43.5 Å². The minimum absolute atomic E-state index is 0.147. The standard InChI is InChI=1S/C29H24F3N7O4S/c1-18(42-2)23-5-3-4-6-24(23)39-25(40)16-44-28(39)35-27(41)36-34-15-19-7-9-20(10-8-19)26-33-17-38(37-26)21-11-13-22(14-12-21)43-29(30,31)32/h3-15,17-18H,16H2,1-2H3,(H,36,41)/b34-15+,35-28-. The minimum atomic E-state index is -4.77. The Morgan fingerprint density at radius 1 is 1.09 bits per heavy atom. The van der Waals surface area contributed by atoms with E-state index >= 15 is 0 Å². The molecule has 1 unspecified atom stereocenters. The highest BCUT2D eigenvalue weighted by Gasteiger charge is 2.33. The summed E-state index contributed by atoms with van der Waals surface area (Å²) in [6.45, 7) is 1.86. The Bertz CT molecular complexity index is 1710. The van der Waals surface area contributed by atoms with Crippen LogP contribution in [-0.4, -0.2) is 57.3 Å². The van der Waals surface area contributed by atoms with E-state index < -0.39 is 12.4 Å². The summed E-state index contributed by atoms with van der Waals surface area (Å²) < 4.78 is 47.9. The van der Waals surface area contributed by atoms with Crippen molar-refractivity contribution >= 4 is 40.8 Å². The zero-order valence-corrected chi connectivity index (χ0v) is 24.0. The molecule has 2 heterocycles. The number of hydrazone groups is 1. The smallest absolute Gasteiger partial charge is 0.406 e. The predicted molar refractivity (Wildman–Crippen MR) is 159 cm³/mol. The van der Waals surface area contributed by atoms with Crippen molar-refractivity contribution in [1.29, 1.82) is 0 Å². The third-order valence-electron chi connectivity index (χ3n) is 6.30. The maximum Gasteiger partial charge on any atom is 0.573 e. The summed E-state index contributed by atoms with van der Waals surface area (Å²) in [6.07, 6.45) is -2.17. The Hall–Kier alpha value is -5.02. The van der Waals surface area contributed by atoms with Gasteiger partial charge in [-0.2, -0.15) is 10.1 Å². The number of carbonyl (C=O) groups excluding carboxylic acids is 2. The number of carbonyl (C=O) groups is 2. The zero-order chi connectivity index (χ0) is 31.3. The SMILES string of the molecule is COC(C)c1ccccc1N1C(=O)CS/C1=N\C(=O)N/N=C/c1ccc(-c2ncn(-c3ccc(OC(F)(F)F)cc3)n2)cc1. The zero-order valence-electron chi connectivity index (χ0n) is 23.2. The average molecular weight is 624 g/mol. The number of methoxy groups -OCH3 is 1. The predicted octanol–water partition coefficient (Wildman–Crippen LogP) is 5.72. The van der Waals surface area contributed by atoms with Gasteiger partial charge >= 0.3 is 12.4 Å². The number of anilines is 1. The van der Waals surface area contributed by atoms with Crippen molar-refractivity contribution in [2.75, 3.05) is 17.8 Å². The van der Waals surface area contributed by atoms with Crippen LogP contribution >= 0.6 is 11.8 Å². The lowest BCUT2D eigenvalue weighted by atomic mass is 10.1. The fourth-order valence-electron chi connectivity index (χ4n) is 4.16. The second-order valence-corrected chi connectivity index (χ2v) is 10.1. The summed E-state index contributed by atoms with van der Waals surface area (Å²) in [6, 6.07) is 18.7. The summed E-state index contributed by atoms with van der Waals surface area (Å²) in [4.78, 5) is 34.9. The van der Waals surface area contributed by atoms with Gasteiger partial charge < -0.3 is 9.47 Å². The molecule has 4 aromatic rings. The van der Waals surface area contributed by atoms with E-state index in [0.29, 0.717) is 28.3 Å². The molecule has 1 N–H and O–H groups in total. The summed E-state index contributed by atoms with van der Waals surface area (Å²) in [5.41, 5.74) is 5.57. The van der Waals surface area contributed by atoms with Crippen molar-refractivity contribution in [2.45, 2.75) is 19.4 Å². The van der Waals surface area contributed by atoms with Crippen molar-refractivity contribution < 1.29 is 32.2 Å². The number of nitrogens with zero attached hydrogens (tertiary/aromatic N) is 6. The molecular weight excluding hydrogens is 599 g/mol. The number of amides is 3. The van der Waals surface area contributed by atoms with Gasteiger partial charge in [-0.1, -0.05) is 54.2 Å². The number of rotatable bonds is 8. The van der Waals surface area contributed by atoms with Crippen LogP contribution in [-0.2, 0) is 9.53 Å².